The van der Waals surface area contributed by atoms with E-state index in [9.17, 15) is 9.18 Å². The zero-order valence-electron chi connectivity index (χ0n) is 13.4. The normalized spacial score (nSPS) is 10.4. The van der Waals surface area contributed by atoms with Crippen LogP contribution in [-0.4, -0.2) is 32.1 Å². The summed E-state index contributed by atoms with van der Waals surface area (Å²) in [6.45, 7) is 0.236. The van der Waals surface area contributed by atoms with Crippen molar-refractivity contribution in [3.8, 4) is 11.5 Å². The maximum Gasteiger partial charge on any atom is 0.255 e. The number of para-hydroxylation sites is 1. The van der Waals surface area contributed by atoms with Gasteiger partial charge in [-0.15, -0.1) is 0 Å². The Morgan fingerprint density at radius 3 is 2.50 bits per heavy atom. The highest BCUT2D eigenvalue weighted by atomic mass is 35.5. The predicted octanol–water partition coefficient (Wildman–Crippen LogP) is 4.42. The number of methoxy groups -OCH3 is 2. The minimum atomic E-state index is -0.697. The van der Waals surface area contributed by atoms with Gasteiger partial charge in [0.15, 0.2) is 11.5 Å². The first kappa shape index (κ1) is 18.4. The van der Waals surface area contributed by atoms with Crippen molar-refractivity contribution in [2.75, 3.05) is 21.3 Å². The van der Waals surface area contributed by atoms with Crippen LogP contribution in [0.25, 0.3) is 0 Å². The van der Waals surface area contributed by atoms with E-state index in [0.717, 1.165) is 11.6 Å². The fourth-order valence-corrected chi connectivity index (χ4v) is 2.76. The number of rotatable bonds is 5. The molecule has 2 aromatic carbocycles. The summed E-state index contributed by atoms with van der Waals surface area (Å²) in [7, 11) is 4.64. The van der Waals surface area contributed by atoms with Crippen LogP contribution in [0.4, 0.5) is 4.39 Å². The molecule has 4 nitrogen and oxygen atoms in total. The lowest BCUT2D eigenvalue weighted by molar-refractivity contribution is 0.0783. The molecule has 0 fully saturated rings. The second-order valence-electron chi connectivity index (χ2n) is 5.06. The molecule has 0 bridgehead atoms. The standard InChI is InChI=1S/C17H16Cl2FNO3/c1-21(9-10-5-4-6-15(23-2)16(10)24-3)17(22)11-7-14(20)13(19)8-12(11)18/h4-8H,9H2,1-3H3. The number of amides is 1. The molecule has 0 aliphatic heterocycles. The van der Waals surface area contributed by atoms with Crippen molar-refractivity contribution in [3.05, 3.63) is 57.3 Å². The molecule has 0 saturated heterocycles. The first-order chi connectivity index (χ1) is 11.4. The molecule has 0 aliphatic carbocycles. The van der Waals surface area contributed by atoms with Gasteiger partial charge < -0.3 is 14.4 Å². The van der Waals surface area contributed by atoms with Crippen molar-refractivity contribution < 1.29 is 18.7 Å². The highest BCUT2D eigenvalue weighted by Crippen LogP contribution is 2.32. The number of carbonyl (C=O) groups excluding carboxylic acids is 1. The molecular formula is C17H16Cl2FNO3. The van der Waals surface area contributed by atoms with Crippen molar-refractivity contribution in [3.63, 3.8) is 0 Å². The van der Waals surface area contributed by atoms with Crippen molar-refractivity contribution in [2.24, 2.45) is 0 Å². The topological polar surface area (TPSA) is 38.8 Å². The molecule has 0 aromatic heterocycles. The Balaban J connectivity index is 2.29. The smallest absolute Gasteiger partial charge is 0.255 e. The van der Waals surface area contributed by atoms with E-state index < -0.39 is 11.7 Å². The number of halogens is 3. The molecule has 2 aromatic rings. The molecule has 0 spiro atoms. The van der Waals surface area contributed by atoms with Gasteiger partial charge in [0.1, 0.15) is 5.82 Å². The van der Waals surface area contributed by atoms with E-state index in [1.807, 2.05) is 6.07 Å². The Bertz CT molecular complexity index is 768. The maximum absolute atomic E-state index is 13.6. The molecule has 7 heteroatoms. The summed E-state index contributed by atoms with van der Waals surface area (Å²) in [5.74, 6) is -0.0309. The molecule has 1 amide bonds. The van der Waals surface area contributed by atoms with Gasteiger partial charge in [-0.1, -0.05) is 35.3 Å². The largest absolute Gasteiger partial charge is 0.493 e. The first-order valence-corrected chi connectivity index (χ1v) is 7.74. The summed E-state index contributed by atoms with van der Waals surface area (Å²) in [6, 6.07) is 7.62. The van der Waals surface area contributed by atoms with Crippen LogP contribution < -0.4 is 9.47 Å². The third kappa shape index (κ3) is 3.74. The molecule has 0 heterocycles. The third-order valence-electron chi connectivity index (χ3n) is 3.48. The quantitative estimate of drug-likeness (QED) is 0.730. The van der Waals surface area contributed by atoms with Crippen LogP contribution in [0.5, 0.6) is 11.5 Å². The highest BCUT2D eigenvalue weighted by molar-refractivity contribution is 6.36. The van der Waals surface area contributed by atoms with Crippen molar-refractivity contribution in [1.29, 1.82) is 0 Å². The van der Waals surface area contributed by atoms with Crippen LogP contribution in [0, 0.1) is 5.82 Å². The number of carbonyl (C=O) groups is 1. The molecule has 0 unspecified atom stereocenters. The fraction of sp³-hybridized carbons (Fsp3) is 0.235. The number of ether oxygens (including phenoxy) is 2. The van der Waals surface area contributed by atoms with E-state index in [2.05, 4.69) is 0 Å². The lowest BCUT2D eigenvalue weighted by Crippen LogP contribution is -2.27. The lowest BCUT2D eigenvalue weighted by atomic mass is 10.1. The summed E-state index contributed by atoms with van der Waals surface area (Å²) in [5, 5.41) is -0.0375. The molecule has 0 aliphatic rings. The summed E-state index contributed by atoms with van der Waals surface area (Å²) in [4.78, 5) is 14.0. The lowest BCUT2D eigenvalue weighted by Gasteiger charge is -2.20. The minimum Gasteiger partial charge on any atom is -0.493 e. The van der Waals surface area contributed by atoms with E-state index in [1.54, 1.807) is 19.2 Å². The Morgan fingerprint density at radius 1 is 1.17 bits per heavy atom. The molecule has 128 valence electrons. The summed E-state index contributed by atoms with van der Waals surface area (Å²) in [6.07, 6.45) is 0. The van der Waals surface area contributed by atoms with Gasteiger partial charge in [-0.3, -0.25) is 4.79 Å². The van der Waals surface area contributed by atoms with Crippen molar-refractivity contribution in [1.82, 2.24) is 4.90 Å². The van der Waals surface area contributed by atoms with Gasteiger partial charge in [-0.05, 0) is 18.2 Å². The summed E-state index contributed by atoms with van der Waals surface area (Å²) < 4.78 is 24.2. The van der Waals surface area contributed by atoms with Gasteiger partial charge in [0.05, 0.1) is 29.8 Å². The van der Waals surface area contributed by atoms with Crippen molar-refractivity contribution >= 4 is 29.1 Å². The van der Waals surface area contributed by atoms with E-state index >= 15 is 0 Å². The molecule has 0 N–H and O–H groups in total. The molecule has 2 rings (SSSR count). The van der Waals surface area contributed by atoms with Crippen molar-refractivity contribution in [2.45, 2.75) is 6.54 Å². The molecule has 24 heavy (non-hydrogen) atoms. The SMILES string of the molecule is COc1cccc(CN(C)C(=O)c2cc(F)c(Cl)cc2Cl)c1OC. The molecule has 0 saturated carbocycles. The van der Waals surface area contributed by atoms with Gasteiger partial charge >= 0.3 is 0 Å². The zero-order valence-corrected chi connectivity index (χ0v) is 14.9. The molecule has 0 atom stereocenters. The Morgan fingerprint density at radius 2 is 1.88 bits per heavy atom. The van der Waals surface area contributed by atoms with Crippen LogP contribution in [-0.2, 0) is 6.54 Å². The zero-order chi connectivity index (χ0) is 17.9. The van der Waals surface area contributed by atoms with E-state index in [-0.39, 0.29) is 22.2 Å². The maximum atomic E-state index is 13.6. The van der Waals surface area contributed by atoms with Gasteiger partial charge in [-0.25, -0.2) is 4.39 Å². The Labute approximate surface area is 149 Å². The second kappa shape index (κ2) is 7.73. The summed E-state index contributed by atoms with van der Waals surface area (Å²) in [5.41, 5.74) is 0.793. The molecular weight excluding hydrogens is 356 g/mol. The van der Waals surface area contributed by atoms with Gasteiger partial charge in [0.2, 0.25) is 0 Å². The van der Waals surface area contributed by atoms with Crippen LogP contribution in [0.2, 0.25) is 10.0 Å². The number of nitrogens with zero attached hydrogens (tertiary/aromatic N) is 1. The third-order valence-corrected chi connectivity index (χ3v) is 4.08. The monoisotopic (exact) mass is 371 g/mol. The van der Waals surface area contributed by atoms with Crippen LogP contribution in [0.15, 0.2) is 30.3 Å². The fourth-order valence-electron chi connectivity index (χ4n) is 2.30. The predicted molar refractivity (Wildman–Crippen MR) is 91.8 cm³/mol. The molecule has 0 radical (unpaired) electrons. The number of hydrogen-bond donors (Lipinski definition) is 0. The van der Waals surface area contributed by atoms with Crippen LogP contribution in [0.1, 0.15) is 15.9 Å². The average molecular weight is 372 g/mol. The second-order valence-corrected chi connectivity index (χ2v) is 5.87. The highest BCUT2D eigenvalue weighted by Gasteiger charge is 2.20. The Hall–Kier alpha value is -1.98. The van der Waals surface area contributed by atoms with Gasteiger partial charge in [0.25, 0.3) is 5.91 Å². The number of benzene rings is 2. The van der Waals surface area contributed by atoms with Crippen LogP contribution >= 0.6 is 23.2 Å². The van der Waals surface area contributed by atoms with Gasteiger partial charge in [-0.2, -0.15) is 0 Å². The first-order valence-electron chi connectivity index (χ1n) is 6.99. The van der Waals surface area contributed by atoms with E-state index in [4.69, 9.17) is 32.7 Å². The number of hydrogen-bond acceptors (Lipinski definition) is 3. The van der Waals surface area contributed by atoms with Crippen LogP contribution in [0.3, 0.4) is 0 Å². The Kier molecular flexibility index (Phi) is 5.91. The van der Waals surface area contributed by atoms with E-state index in [1.165, 1.54) is 25.2 Å². The van der Waals surface area contributed by atoms with Gasteiger partial charge in [0, 0.05) is 19.2 Å². The minimum absolute atomic E-state index is 0.0444. The average Bonchev–Trinajstić information content (AvgIpc) is 2.57. The summed E-state index contributed by atoms with van der Waals surface area (Å²) >= 11 is 11.7. The van der Waals surface area contributed by atoms with E-state index in [0.29, 0.717) is 11.5 Å².